The fourth-order valence-electron chi connectivity index (χ4n) is 4.37. The predicted molar refractivity (Wildman–Crippen MR) is 141 cm³/mol. The Morgan fingerprint density at radius 2 is 1.64 bits per heavy atom. The third kappa shape index (κ3) is 5.49. The van der Waals surface area contributed by atoms with E-state index in [9.17, 15) is 4.79 Å². The van der Waals surface area contributed by atoms with Crippen LogP contribution in [0.4, 0.5) is 0 Å². The molecule has 186 valence electrons. The first-order chi connectivity index (χ1) is 15.0. The van der Waals surface area contributed by atoms with E-state index in [1.807, 2.05) is 6.08 Å². The molecular weight excluding hydrogens is 444 g/mol. The van der Waals surface area contributed by atoms with E-state index >= 15 is 0 Å². The van der Waals surface area contributed by atoms with E-state index in [1.54, 1.807) is 6.08 Å². The maximum Gasteiger partial charge on any atom is 0.331 e. The van der Waals surface area contributed by atoms with Crippen molar-refractivity contribution in [1.29, 1.82) is 0 Å². The van der Waals surface area contributed by atoms with Crippen molar-refractivity contribution in [2.24, 2.45) is 11.8 Å². The van der Waals surface area contributed by atoms with Crippen molar-refractivity contribution in [3.8, 4) is 0 Å². The molecule has 0 N–H and O–H groups in total. The van der Waals surface area contributed by atoms with Gasteiger partial charge in [0.25, 0.3) is 0 Å². The van der Waals surface area contributed by atoms with Crippen LogP contribution in [0.2, 0.25) is 36.3 Å². The maximum atomic E-state index is 12.3. The van der Waals surface area contributed by atoms with Gasteiger partial charge in [-0.3, -0.25) is 0 Å². The molecule has 0 unspecified atom stereocenters. The zero-order chi connectivity index (χ0) is 24.9. The molecule has 1 heterocycles. The number of hydrogen-bond donors (Lipinski definition) is 0. The van der Waals surface area contributed by atoms with Gasteiger partial charge in [0, 0.05) is 24.5 Å². The molecular formula is C27H46O4Si2. The van der Waals surface area contributed by atoms with Gasteiger partial charge in [-0.25, -0.2) is 4.79 Å². The van der Waals surface area contributed by atoms with E-state index in [2.05, 4.69) is 86.0 Å². The summed E-state index contributed by atoms with van der Waals surface area (Å²) in [5, 5.41) is 0.281. The molecule has 33 heavy (non-hydrogen) atoms. The lowest BCUT2D eigenvalue weighted by Gasteiger charge is -2.43. The topological polar surface area (TPSA) is 44.8 Å². The van der Waals surface area contributed by atoms with Crippen LogP contribution < -0.4 is 0 Å². The molecule has 1 fully saturated rings. The van der Waals surface area contributed by atoms with Crippen molar-refractivity contribution in [2.45, 2.75) is 109 Å². The Morgan fingerprint density at radius 3 is 2.18 bits per heavy atom. The van der Waals surface area contributed by atoms with E-state index in [4.69, 9.17) is 13.6 Å². The molecule has 3 aliphatic rings. The quantitative estimate of drug-likeness (QED) is 0.233. The number of ether oxygens (including phenoxy) is 1. The Bertz CT molecular complexity index is 841. The van der Waals surface area contributed by atoms with Crippen molar-refractivity contribution in [1.82, 2.24) is 0 Å². The Kier molecular flexibility index (Phi) is 7.20. The summed E-state index contributed by atoms with van der Waals surface area (Å²) in [6.07, 6.45) is 13.7. The van der Waals surface area contributed by atoms with Crippen molar-refractivity contribution < 1.29 is 18.4 Å². The van der Waals surface area contributed by atoms with E-state index < -0.39 is 22.2 Å². The molecule has 6 heteroatoms. The number of rotatable bonds is 5. The lowest BCUT2D eigenvalue weighted by Crippen LogP contribution is -2.46. The molecule has 0 radical (unpaired) electrons. The number of carbonyl (C=O) groups is 1. The van der Waals surface area contributed by atoms with Crippen LogP contribution in [0, 0.1) is 11.8 Å². The number of fused-ring (bicyclic) bond motifs is 1. The summed E-state index contributed by atoms with van der Waals surface area (Å²) in [7, 11) is -3.87. The van der Waals surface area contributed by atoms with Gasteiger partial charge in [0.15, 0.2) is 22.2 Å². The molecule has 1 spiro atoms. The van der Waals surface area contributed by atoms with E-state index in [1.165, 1.54) is 5.57 Å². The zero-order valence-electron chi connectivity index (χ0n) is 22.6. The van der Waals surface area contributed by atoms with Gasteiger partial charge in [0.05, 0.1) is 6.10 Å². The molecule has 4 atom stereocenters. The fraction of sp³-hybridized carbons (Fsp3) is 0.741. The first-order valence-electron chi connectivity index (χ1n) is 12.6. The van der Waals surface area contributed by atoms with Crippen LogP contribution in [-0.2, 0) is 18.4 Å². The molecule has 1 aliphatic heterocycles. The minimum atomic E-state index is -1.94. The number of allylic oxidation sites excluding steroid dienone is 1. The Morgan fingerprint density at radius 1 is 1.00 bits per heavy atom. The summed E-state index contributed by atoms with van der Waals surface area (Å²) in [6.45, 7) is 23.4. The summed E-state index contributed by atoms with van der Waals surface area (Å²) < 4.78 is 19.6. The minimum Gasteiger partial charge on any atom is -0.447 e. The van der Waals surface area contributed by atoms with Crippen LogP contribution in [0.5, 0.6) is 0 Å². The summed E-state index contributed by atoms with van der Waals surface area (Å²) in [4.78, 5) is 12.3. The highest BCUT2D eigenvalue weighted by Crippen LogP contribution is 2.46. The van der Waals surface area contributed by atoms with Gasteiger partial charge in [-0.15, -0.1) is 0 Å². The number of hydrogen-bond acceptors (Lipinski definition) is 4. The van der Waals surface area contributed by atoms with E-state index in [-0.39, 0.29) is 28.1 Å². The van der Waals surface area contributed by atoms with Crippen LogP contribution in [0.15, 0.2) is 36.0 Å². The monoisotopic (exact) mass is 490 g/mol. The molecule has 0 aromatic rings. The second-order valence-electron chi connectivity index (χ2n) is 13.2. The Hall–Kier alpha value is -0.956. The minimum absolute atomic E-state index is 0.0408. The molecule has 0 saturated heterocycles. The first-order valence-corrected chi connectivity index (χ1v) is 18.4. The van der Waals surface area contributed by atoms with Crippen molar-refractivity contribution in [3.63, 3.8) is 0 Å². The van der Waals surface area contributed by atoms with Crippen LogP contribution in [-0.4, -0.2) is 40.9 Å². The highest BCUT2D eigenvalue weighted by Gasteiger charge is 2.47. The lowest BCUT2D eigenvalue weighted by molar-refractivity contribution is -0.145. The third-order valence-corrected chi connectivity index (χ3v) is 17.7. The summed E-state index contributed by atoms with van der Waals surface area (Å²) in [5.74, 6) is 0.0191. The van der Waals surface area contributed by atoms with Gasteiger partial charge in [-0.2, -0.15) is 0 Å². The fourth-order valence-corrected chi connectivity index (χ4v) is 6.71. The second-order valence-corrected chi connectivity index (χ2v) is 22.8. The second kappa shape index (κ2) is 8.92. The van der Waals surface area contributed by atoms with Gasteiger partial charge in [0.1, 0.15) is 0 Å². The molecule has 0 aromatic carbocycles. The largest absolute Gasteiger partial charge is 0.447 e. The maximum absolute atomic E-state index is 12.3. The Labute approximate surface area is 204 Å². The van der Waals surface area contributed by atoms with Crippen molar-refractivity contribution in [3.05, 3.63) is 36.0 Å². The standard InChI is InChI=1S/C27H46O4Si2/c1-25(2,3)32(7,8)29-19-21-15-14-20-12-11-13-23(31-33(9,10)26(4,5)6)22(20)18-27(21)17-16-24(28)30-27/h14-18,20-21,23H,11-13,19H2,1-10H3/t20-,21-,23-,27+/m1/s1. The molecule has 2 aliphatic carbocycles. The highest BCUT2D eigenvalue weighted by atomic mass is 28.4. The highest BCUT2D eigenvalue weighted by molar-refractivity contribution is 6.74. The van der Waals surface area contributed by atoms with Gasteiger partial charge >= 0.3 is 5.97 Å². The number of carbonyl (C=O) groups excluding carboxylic acids is 1. The van der Waals surface area contributed by atoms with Crippen molar-refractivity contribution >= 4 is 22.6 Å². The molecule has 1 saturated carbocycles. The average Bonchev–Trinajstić information content (AvgIpc) is 2.94. The molecule has 0 amide bonds. The molecule has 0 aromatic heterocycles. The summed E-state index contributed by atoms with van der Waals surface area (Å²) in [6, 6.07) is 0. The number of esters is 1. The average molecular weight is 491 g/mol. The van der Waals surface area contributed by atoms with Crippen LogP contribution >= 0.6 is 0 Å². The van der Waals surface area contributed by atoms with Crippen LogP contribution in [0.3, 0.4) is 0 Å². The summed E-state index contributed by atoms with van der Waals surface area (Å²) in [5.41, 5.74) is 0.503. The SMILES string of the molecule is CC(C)(C)[Si](C)(C)OC[C@H]1C=C[C@H]2CCC[C@@H](O[Si](C)(C)C(C)(C)C)C2=C[C@@]12C=CC(=O)O2. The van der Waals surface area contributed by atoms with Gasteiger partial charge < -0.3 is 13.6 Å². The van der Waals surface area contributed by atoms with Crippen LogP contribution in [0.1, 0.15) is 60.8 Å². The zero-order valence-corrected chi connectivity index (χ0v) is 24.6. The molecule has 3 rings (SSSR count). The van der Waals surface area contributed by atoms with Gasteiger partial charge in [-0.05, 0) is 73.3 Å². The predicted octanol–water partition coefficient (Wildman–Crippen LogP) is 7.16. The lowest BCUT2D eigenvalue weighted by atomic mass is 9.80. The first kappa shape index (κ1) is 26.6. The van der Waals surface area contributed by atoms with Gasteiger partial charge in [-0.1, -0.05) is 53.7 Å². The van der Waals surface area contributed by atoms with E-state index in [0.717, 1.165) is 19.3 Å². The molecule has 4 nitrogen and oxygen atoms in total. The molecule has 0 bridgehead atoms. The summed E-state index contributed by atoms with van der Waals surface area (Å²) >= 11 is 0. The Balaban J connectivity index is 1.95. The van der Waals surface area contributed by atoms with E-state index in [0.29, 0.717) is 12.5 Å². The van der Waals surface area contributed by atoms with Crippen molar-refractivity contribution in [2.75, 3.05) is 6.61 Å². The smallest absolute Gasteiger partial charge is 0.331 e. The third-order valence-electron chi connectivity index (χ3n) is 8.76. The normalized spacial score (nSPS) is 30.8. The van der Waals surface area contributed by atoms with Crippen LogP contribution in [0.25, 0.3) is 0 Å². The van der Waals surface area contributed by atoms with Gasteiger partial charge in [0.2, 0.25) is 0 Å².